The number of carbonyl (C=O) groups is 1. The van der Waals surface area contributed by atoms with Crippen molar-refractivity contribution in [1.82, 2.24) is 25.1 Å². The number of nitrogens with zero attached hydrogens (tertiary/aromatic N) is 4. The SMILES string of the molecule is Cc1c(NCCNC(=O)c2ccccc2)nn2c(C(F)(F)F)nnc2c1C. The molecule has 0 aliphatic heterocycles. The van der Waals surface area contributed by atoms with Gasteiger partial charge in [-0.15, -0.1) is 15.3 Å². The van der Waals surface area contributed by atoms with Crippen molar-refractivity contribution >= 4 is 17.4 Å². The summed E-state index contributed by atoms with van der Waals surface area (Å²) in [6.07, 6.45) is -4.66. The minimum absolute atomic E-state index is 0.0581. The first kappa shape index (κ1) is 18.6. The van der Waals surface area contributed by atoms with Gasteiger partial charge in [0.05, 0.1) is 0 Å². The van der Waals surface area contributed by atoms with Gasteiger partial charge in [-0.2, -0.15) is 17.7 Å². The molecule has 0 unspecified atom stereocenters. The number of carbonyl (C=O) groups excluding carboxylic acids is 1. The van der Waals surface area contributed by atoms with E-state index in [9.17, 15) is 18.0 Å². The molecule has 0 saturated carbocycles. The number of aromatic nitrogens is 4. The van der Waals surface area contributed by atoms with E-state index in [0.717, 1.165) is 0 Å². The van der Waals surface area contributed by atoms with E-state index in [0.29, 0.717) is 27.8 Å². The average Bonchev–Trinajstić information content (AvgIpc) is 3.07. The summed E-state index contributed by atoms with van der Waals surface area (Å²) in [7, 11) is 0. The minimum atomic E-state index is -4.66. The zero-order valence-corrected chi connectivity index (χ0v) is 14.6. The fraction of sp³-hybridized carbons (Fsp3) is 0.294. The molecule has 142 valence electrons. The van der Waals surface area contributed by atoms with E-state index < -0.39 is 12.0 Å². The van der Waals surface area contributed by atoms with Crippen LogP contribution in [0.1, 0.15) is 27.3 Å². The molecule has 3 aromatic rings. The standard InChI is InChI=1S/C17H17F3N6O/c1-10-11(2)14-23-24-16(17(18,19)20)26(14)25-13(10)21-8-9-22-15(27)12-6-4-3-5-7-12/h3-7H,8-9H2,1-2H3,(H,21,25)(H,22,27). The van der Waals surface area contributed by atoms with Gasteiger partial charge in [-0.05, 0) is 31.5 Å². The summed E-state index contributed by atoms with van der Waals surface area (Å²) < 4.78 is 39.8. The van der Waals surface area contributed by atoms with Crippen molar-refractivity contribution in [1.29, 1.82) is 0 Å². The number of hydrogen-bond donors (Lipinski definition) is 2. The maximum Gasteiger partial charge on any atom is 0.453 e. The predicted molar refractivity (Wildman–Crippen MR) is 92.5 cm³/mol. The van der Waals surface area contributed by atoms with Crippen LogP contribution in [0.2, 0.25) is 0 Å². The van der Waals surface area contributed by atoms with Gasteiger partial charge in [-0.1, -0.05) is 18.2 Å². The van der Waals surface area contributed by atoms with Crippen LogP contribution >= 0.6 is 0 Å². The van der Waals surface area contributed by atoms with Crippen LogP contribution in [0.3, 0.4) is 0 Å². The minimum Gasteiger partial charge on any atom is -0.367 e. The summed E-state index contributed by atoms with van der Waals surface area (Å²) in [5.74, 6) is -1.13. The maximum absolute atomic E-state index is 13.0. The number of alkyl halides is 3. The Morgan fingerprint density at radius 2 is 1.78 bits per heavy atom. The first-order valence-electron chi connectivity index (χ1n) is 8.16. The Morgan fingerprint density at radius 1 is 1.07 bits per heavy atom. The smallest absolute Gasteiger partial charge is 0.367 e. The molecule has 0 fully saturated rings. The largest absolute Gasteiger partial charge is 0.453 e. The number of fused-ring (bicyclic) bond motifs is 1. The molecular formula is C17H17F3N6O. The molecule has 3 rings (SSSR count). The van der Waals surface area contributed by atoms with Gasteiger partial charge in [0, 0.05) is 24.2 Å². The van der Waals surface area contributed by atoms with Gasteiger partial charge in [-0.3, -0.25) is 4.79 Å². The molecule has 0 spiro atoms. The third-order valence-electron chi connectivity index (χ3n) is 4.09. The van der Waals surface area contributed by atoms with E-state index in [-0.39, 0.29) is 23.9 Å². The zero-order valence-electron chi connectivity index (χ0n) is 14.6. The summed E-state index contributed by atoms with van der Waals surface area (Å²) >= 11 is 0. The van der Waals surface area contributed by atoms with E-state index >= 15 is 0 Å². The topological polar surface area (TPSA) is 84.2 Å². The highest BCUT2D eigenvalue weighted by Crippen LogP contribution is 2.29. The van der Waals surface area contributed by atoms with E-state index in [2.05, 4.69) is 25.9 Å². The van der Waals surface area contributed by atoms with Crippen molar-refractivity contribution in [2.24, 2.45) is 0 Å². The molecule has 1 aromatic carbocycles. The first-order chi connectivity index (χ1) is 12.8. The quantitative estimate of drug-likeness (QED) is 0.667. The summed E-state index contributed by atoms with van der Waals surface area (Å²) in [6, 6.07) is 8.71. The van der Waals surface area contributed by atoms with Gasteiger partial charge in [-0.25, -0.2) is 0 Å². The molecular weight excluding hydrogens is 361 g/mol. The third-order valence-corrected chi connectivity index (χ3v) is 4.09. The van der Waals surface area contributed by atoms with Crippen molar-refractivity contribution in [3.63, 3.8) is 0 Å². The molecule has 10 heteroatoms. The summed E-state index contributed by atoms with van der Waals surface area (Å²) in [6.45, 7) is 3.96. The lowest BCUT2D eigenvalue weighted by molar-refractivity contribution is -0.146. The second kappa shape index (κ2) is 7.22. The molecule has 0 radical (unpaired) electrons. The number of hydrogen-bond acceptors (Lipinski definition) is 5. The Bertz CT molecular complexity index is 968. The van der Waals surface area contributed by atoms with E-state index in [1.165, 1.54) is 0 Å². The van der Waals surface area contributed by atoms with Crippen molar-refractivity contribution in [3.05, 3.63) is 52.8 Å². The lowest BCUT2D eigenvalue weighted by Crippen LogP contribution is -2.29. The molecule has 0 bridgehead atoms. The van der Waals surface area contributed by atoms with Gasteiger partial charge in [0.15, 0.2) is 5.65 Å². The molecule has 0 aliphatic rings. The van der Waals surface area contributed by atoms with Crippen LogP contribution in [-0.4, -0.2) is 38.8 Å². The molecule has 0 aliphatic carbocycles. The van der Waals surface area contributed by atoms with Gasteiger partial charge in [0.2, 0.25) is 0 Å². The zero-order chi connectivity index (χ0) is 19.6. The van der Waals surface area contributed by atoms with Crippen molar-refractivity contribution in [2.45, 2.75) is 20.0 Å². The van der Waals surface area contributed by atoms with Crippen molar-refractivity contribution < 1.29 is 18.0 Å². The highest BCUT2D eigenvalue weighted by atomic mass is 19.4. The Balaban J connectivity index is 1.71. The van der Waals surface area contributed by atoms with Crippen LogP contribution in [-0.2, 0) is 6.18 Å². The molecule has 0 saturated heterocycles. The normalized spacial score (nSPS) is 11.6. The highest BCUT2D eigenvalue weighted by molar-refractivity contribution is 5.94. The average molecular weight is 378 g/mol. The van der Waals surface area contributed by atoms with Gasteiger partial charge in [0.25, 0.3) is 11.7 Å². The number of rotatable bonds is 5. The Kier molecular flexibility index (Phi) is 4.98. The van der Waals surface area contributed by atoms with Gasteiger partial charge < -0.3 is 10.6 Å². The number of amides is 1. The molecule has 2 heterocycles. The number of halogens is 3. The van der Waals surface area contributed by atoms with Crippen molar-refractivity contribution in [2.75, 3.05) is 18.4 Å². The van der Waals surface area contributed by atoms with Gasteiger partial charge in [0.1, 0.15) is 5.82 Å². The lowest BCUT2D eigenvalue weighted by atomic mass is 10.2. The Morgan fingerprint density at radius 3 is 2.44 bits per heavy atom. The number of aryl methyl sites for hydroxylation is 1. The summed E-state index contributed by atoms with van der Waals surface area (Å²) in [4.78, 5) is 12.0. The molecule has 2 N–H and O–H groups in total. The van der Waals surface area contributed by atoms with Crippen LogP contribution in [0.25, 0.3) is 5.65 Å². The summed E-state index contributed by atoms with van der Waals surface area (Å²) in [5, 5.41) is 16.5. The fourth-order valence-corrected chi connectivity index (χ4v) is 2.52. The van der Waals surface area contributed by atoms with Crippen LogP contribution in [0.15, 0.2) is 30.3 Å². The fourth-order valence-electron chi connectivity index (χ4n) is 2.52. The molecule has 7 nitrogen and oxygen atoms in total. The highest BCUT2D eigenvalue weighted by Gasteiger charge is 2.38. The Hall–Kier alpha value is -3.17. The van der Waals surface area contributed by atoms with Crippen molar-refractivity contribution in [3.8, 4) is 0 Å². The number of anilines is 1. The van der Waals surface area contributed by atoms with Gasteiger partial charge >= 0.3 is 6.18 Å². The summed E-state index contributed by atoms with van der Waals surface area (Å²) in [5.41, 5.74) is 1.80. The first-order valence-corrected chi connectivity index (χ1v) is 8.16. The van der Waals surface area contributed by atoms with Crippen LogP contribution < -0.4 is 10.6 Å². The maximum atomic E-state index is 13.0. The Labute approximate surface area is 152 Å². The van der Waals surface area contributed by atoms with E-state index in [4.69, 9.17) is 0 Å². The second-order valence-corrected chi connectivity index (χ2v) is 5.90. The van der Waals surface area contributed by atoms with Crippen LogP contribution in [0.4, 0.5) is 19.0 Å². The molecule has 2 aromatic heterocycles. The molecule has 0 atom stereocenters. The predicted octanol–water partition coefficient (Wildman–Crippen LogP) is 2.60. The number of nitrogens with one attached hydrogen (secondary N) is 2. The third kappa shape index (κ3) is 3.83. The molecule has 27 heavy (non-hydrogen) atoms. The monoisotopic (exact) mass is 378 g/mol. The second-order valence-electron chi connectivity index (χ2n) is 5.90. The molecule has 1 amide bonds. The lowest BCUT2D eigenvalue weighted by Gasteiger charge is -2.13. The van der Waals surface area contributed by atoms with Crippen LogP contribution in [0.5, 0.6) is 0 Å². The number of benzene rings is 1. The van der Waals surface area contributed by atoms with E-state index in [1.807, 2.05) is 6.07 Å². The van der Waals surface area contributed by atoms with Crippen LogP contribution in [0, 0.1) is 13.8 Å². The van der Waals surface area contributed by atoms with E-state index in [1.54, 1.807) is 38.1 Å².